The average Bonchev–Trinajstić information content (AvgIpc) is 2.19. The van der Waals surface area contributed by atoms with Crippen LogP contribution in [0.15, 0.2) is 24.3 Å². The number of rotatable bonds is 1. The van der Waals surface area contributed by atoms with Crippen molar-refractivity contribution in [3.05, 3.63) is 41.3 Å². The summed E-state index contributed by atoms with van der Waals surface area (Å²) in [5.74, 6) is -0.707. The Kier molecular flexibility index (Phi) is 2.00. The number of benzene rings is 1. The molecule has 70 valence electrons. The van der Waals surface area contributed by atoms with Gasteiger partial charge in [-0.05, 0) is 18.6 Å². The minimum atomic E-state index is -0.707. The molecule has 0 saturated carbocycles. The lowest BCUT2D eigenvalue weighted by Crippen LogP contribution is -1.94. The topological polar surface area (TPSA) is 30.0 Å². The van der Waals surface area contributed by atoms with Gasteiger partial charge < -0.3 is 0 Å². The average molecular weight is 189 g/mol. The van der Waals surface area contributed by atoms with Crippen molar-refractivity contribution >= 4 is 17.2 Å². The quantitative estimate of drug-likeness (QED) is 0.509. The number of aromatic nitrogens is 1. The molecule has 0 radical (unpaired) electrons. The molecule has 1 heterocycles. The molecule has 3 heteroatoms. The molecular weight excluding hydrogens is 181 g/mol. The Balaban J connectivity index is 2.85. The Morgan fingerprint density at radius 3 is 2.93 bits per heavy atom. The Bertz CT molecular complexity index is 508. The van der Waals surface area contributed by atoms with Crippen molar-refractivity contribution in [3.63, 3.8) is 0 Å². The lowest BCUT2D eigenvalue weighted by atomic mass is 10.1. The number of fused-ring (bicyclic) bond motifs is 1. The molecule has 2 rings (SSSR count). The first kappa shape index (κ1) is 8.81. The molecule has 1 aromatic carbocycles. The zero-order chi connectivity index (χ0) is 10.1. The van der Waals surface area contributed by atoms with Crippen LogP contribution in [-0.4, -0.2) is 11.3 Å². The smallest absolute Gasteiger partial charge is 0.224 e. The number of hydrogen-bond donors (Lipinski definition) is 0. The maximum Gasteiger partial charge on any atom is 0.224 e. The van der Waals surface area contributed by atoms with Gasteiger partial charge in [0.1, 0.15) is 0 Å². The molecule has 0 unspecified atom stereocenters. The summed E-state index contributed by atoms with van der Waals surface area (Å²) in [6.45, 7) is 1.86. The normalized spacial score (nSPS) is 10.4. The lowest BCUT2D eigenvalue weighted by Gasteiger charge is -2.01. The van der Waals surface area contributed by atoms with E-state index in [1.807, 2.05) is 25.1 Å². The van der Waals surface area contributed by atoms with Crippen LogP contribution in [0.1, 0.15) is 15.9 Å². The van der Waals surface area contributed by atoms with Gasteiger partial charge in [0.2, 0.25) is 5.95 Å². The zero-order valence-electron chi connectivity index (χ0n) is 7.62. The van der Waals surface area contributed by atoms with E-state index in [1.54, 1.807) is 0 Å². The van der Waals surface area contributed by atoms with Gasteiger partial charge in [0.25, 0.3) is 0 Å². The third kappa shape index (κ3) is 1.27. The van der Waals surface area contributed by atoms with Gasteiger partial charge in [-0.25, -0.2) is 4.98 Å². The lowest BCUT2D eigenvalue weighted by molar-refractivity contribution is 0.111. The molecule has 0 atom stereocenters. The summed E-state index contributed by atoms with van der Waals surface area (Å²) >= 11 is 0. The van der Waals surface area contributed by atoms with Crippen LogP contribution in [0.25, 0.3) is 10.9 Å². The van der Waals surface area contributed by atoms with E-state index in [4.69, 9.17) is 0 Å². The molecule has 0 amide bonds. The van der Waals surface area contributed by atoms with Gasteiger partial charge in [-0.15, -0.1) is 0 Å². The van der Waals surface area contributed by atoms with Crippen molar-refractivity contribution in [2.45, 2.75) is 6.92 Å². The number of carbonyl (C=O) groups excluding carboxylic acids is 1. The monoisotopic (exact) mass is 189 g/mol. The second-order valence-corrected chi connectivity index (χ2v) is 3.13. The Labute approximate surface area is 80.4 Å². The van der Waals surface area contributed by atoms with E-state index in [2.05, 4.69) is 4.98 Å². The molecule has 2 nitrogen and oxygen atoms in total. The van der Waals surface area contributed by atoms with Crippen LogP contribution in [0.2, 0.25) is 0 Å². The summed E-state index contributed by atoms with van der Waals surface area (Å²) in [6, 6.07) is 7.03. The van der Waals surface area contributed by atoms with Crippen molar-refractivity contribution in [2.24, 2.45) is 0 Å². The summed E-state index contributed by atoms with van der Waals surface area (Å²) in [5.41, 5.74) is 1.51. The standard InChI is InChI=1S/C11H8FNO/c1-7-3-2-4-8-5-9(6-14)11(12)13-10(7)8/h2-6H,1H3. The number of hydrogen-bond acceptors (Lipinski definition) is 2. The van der Waals surface area contributed by atoms with Gasteiger partial charge in [0.05, 0.1) is 11.1 Å². The highest BCUT2D eigenvalue weighted by Crippen LogP contribution is 2.18. The maximum atomic E-state index is 13.2. The van der Waals surface area contributed by atoms with Crippen LogP contribution >= 0.6 is 0 Å². The summed E-state index contributed by atoms with van der Waals surface area (Å²) < 4.78 is 13.2. The summed E-state index contributed by atoms with van der Waals surface area (Å²) in [7, 11) is 0. The second kappa shape index (κ2) is 3.18. The van der Waals surface area contributed by atoms with E-state index in [0.717, 1.165) is 10.9 Å². The maximum absolute atomic E-state index is 13.2. The van der Waals surface area contributed by atoms with Crippen molar-refractivity contribution in [2.75, 3.05) is 0 Å². The third-order valence-electron chi connectivity index (χ3n) is 2.16. The fourth-order valence-electron chi connectivity index (χ4n) is 1.42. The Hall–Kier alpha value is -1.77. The van der Waals surface area contributed by atoms with Crippen LogP contribution in [-0.2, 0) is 0 Å². The molecule has 2 aromatic rings. The van der Waals surface area contributed by atoms with Crippen LogP contribution in [0.4, 0.5) is 4.39 Å². The molecular formula is C11H8FNO. The van der Waals surface area contributed by atoms with Crippen molar-refractivity contribution < 1.29 is 9.18 Å². The van der Waals surface area contributed by atoms with Gasteiger partial charge in [-0.2, -0.15) is 4.39 Å². The van der Waals surface area contributed by atoms with Crippen molar-refractivity contribution in [1.29, 1.82) is 0 Å². The van der Waals surface area contributed by atoms with Gasteiger partial charge in [0.15, 0.2) is 6.29 Å². The van der Waals surface area contributed by atoms with Gasteiger partial charge in [-0.1, -0.05) is 18.2 Å². The van der Waals surface area contributed by atoms with E-state index in [0.29, 0.717) is 11.8 Å². The molecule has 0 fully saturated rings. The molecule has 0 spiro atoms. The highest BCUT2D eigenvalue weighted by atomic mass is 19.1. The SMILES string of the molecule is Cc1cccc2cc(C=O)c(F)nc12. The van der Waals surface area contributed by atoms with E-state index in [-0.39, 0.29) is 5.56 Å². The first-order valence-corrected chi connectivity index (χ1v) is 4.23. The van der Waals surface area contributed by atoms with Gasteiger partial charge in [-0.3, -0.25) is 4.79 Å². The van der Waals surface area contributed by atoms with Crippen LogP contribution < -0.4 is 0 Å². The molecule has 0 saturated heterocycles. The van der Waals surface area contributed by atoms with Gasteiger partial charge in [0, 0.05) is 5.39 Å². The zero-order valence-corrected chi connectivity index (χ0v) is 7.62. The summed E-state index contributed by atoms with van der Waals surface area (Å²) in [4.78, 5) is 14.2. The molecule has 1 aromatic heterocycles. The third-order valence-corrected chi connectivity index (χ3v) is 2.16. The number of nitrogens with zero attached hydrogens (tertiary/aromatic N) is 1. The number of aryl methyl sites for hydroxylation is 1. The van der Waals surface area contributed by atoms with Crippen molar-refractivity contribution in [3.8, 4) is 0 Å². The number of carbonyl (C=O) groups is 1. The predicted molar refractivity (Wildman–Crippen MR) is 51.8 cm³/mol. The van der Waals surface area contributed by atoms with E-state index in [1.165, 1.54) is 6.07 Å². The van der Waals surface area contributed by atoms with E-state index >= 15 is 0 Å². The van der Waals surface area contributed by atoms with Crippen molar-refractivity contribution in [1.82, 2.24) is 4.98 Å². The molecule has 0 bridgehead atoms. The van der Waals surface area contributed by atoms with E-state index < -0.39 is 5.95 Å². The number of halogens is 1. The van der Waals surface area contributed by atoms with Crippen LogP contribution in [0.3, 0.4) is 0 Å². The molecule has 0 N–H and O–H groups in total. The molecule has 0 aliphatic carbocycles. The predicted octanol–water partition coefficient (Wildman–Crippen LogP) is 2.49. The van der Waals surface area contributed by atoms with E-state index in [9.17, 15) is 9.18 Å². The highest BCUT2D eigenvalue weighted by Gasteiger charge is 2.06. The fraction of sp³-hybridized carbons (Fsp3) is 0.0909. The first-order valence-electron chi connectivity index (χ1n) is 4.23. The molecule has 14 heavy (non-hydrogen) atoms. The van der Waals surface area contributed by atoms with Gasteiger partial charge >= 0.3 is 0 Å². The molecule has 0 aliphatic heterocycles. The second-order valence-electron chi connectivity index (χ2n) is 3.13. The summed E-state index contributed by atoms with van der Waals surface area (Å²) in [6.07, 6.45) is 0.476. The van der Waals surface area contributed by atoms with Crippen LogP contribution in [0, 0.1) is 12.9 Å². The number of pyridine rings is 1. The highest BCUT2D eigenvalue weighted by molar-refractivity contribution is 5.87. The summed E-state index contributed by atoms with van der Waals surface area (Å²) in [5, 5.41) is 0.786. The minimum absolute atomic E-state index is 0.00287. The largest absolute Gasteiger partial charge is 0.298 e. The number of aldehydes is 1. The number of para-hydroxylation sites is 1. The first-order chi connectivity index (χ1) is 6.72. The Morgan fingerprint density at radius 1 is 1.43 bits per heavy atom. The minimum Gasteiger partial charge on any atom is -0.298 e. The fourth-order valence-corrected chi connectivity index (χ4v) is 1.42. The molecule has 0 aliphatic rings. The Morgan fingerprint density at radius 2 is 2.21 bits per heavy atom. The van der Waals surface area contributed by atoms with Crippen LogP contribution in [0.5, 0.6) is 0 Å².